The molecule has 164 valence electrons. The van der Waals surface area contributed by atoms with Crippen LogP contribution in [0.1, 0.15) is 25.0 Å². The van der Waals surface area contributed by atoms with Gasteiger partial charge in [0.25, 0.3) is 0 Å². The standard InChI is InChI=1S/C23H32N4O2.HI/c1-3-24-22(26-18-23(2,28)20-10-5-4-6-11-20)25-17-19-9-7-8-12-21(19)27-13-15-29-16-14-27;/h4-12,28H,3,13-18H2,1-2H3,(H2,24,25,26);1H. The van der Waals surface area contributed by atoms with Crippen LogP contribution in [-0.2, 0) is 16.9 Å². The molecule has 0 aliphatic carbocycles. The molecule has 1 heterocycles. The van der Waals surface area contributed by atoms with Gasteiger partial charge in [0.05, 0.1) is 26.3 Å². The summed E-state index contributed by atoms with van der Waals surface area (Å²) >= 11 is 0. The van der Waals surface area contributed by atoms with Crippen LogP contribution < -0.4 is 15.5 Å². The maximum absolute atomic E-state index is 10.8. The normalized spacial score (nSPS) is 16.4. The topological polar surface area (TPSA) is 69.1 Å². The number of guanidine groups is 1. The summed E-state index contributed by atoms with van der Waals surface area (Å²) in [6, 6.07) is 18.1. The van der Waals surface area contributed by atoms with Crippen molar-refractivity contribution in [3.05, 3.63) is 65.7 Å². The SMILES string of the molecule is CCNC(=NCc1ccccc1N1CCOCC1)NCC(C)(O)c1ccccc1.I. The van der Waals surface area contributed by atoms with Gasteiger partial charge in [0.2, 0.25) is 0 Å². The summed E-state index contributed by atoms with van der Waals surface area (Å²) in [6.07, 6.45) is 0. The zero-order valence-corrected chi connectivity index (χ0v) is 20.1. The van der Waals surface area contributed by atoms with Gasteiger partial charge in [-0.2, -0.15) is 0 Å². The highest BCUT2D eigenvalue weighted by molar-refractivity contribution is 14.0. The van der Waals surface area contributed by atoms with Gasteiger partial charge in [-0.1, -0.05) is 48.5 Å². The van der Waals surface area contributed by atoms with Crippen LogP contribution >= 0.6 is 24.0 Å². The number of morpholine rings is 1. The van der Waals surface area contributed by atoms with E-state index in [9.17, 15) is 5.11 Å². The second kappa shape index (κ2) is 12.1. The van der Waals surface area contributed by atoms with Crippen molar-refractivity contribution >= 4 is 35.6 Å². The van der Waals surface area contributed by atoms with Crippen LogP contribution in [0.4, 0.5) is 5.69 Å². The van der Waals surface area contributed by atoms with Crippen molar-refractivity contribution in [3.8, 4) is 0 Å². The molecule has 1 atom stereocenters. The maximum atomic E-state index is 10.8. The van der Waals surface area contributed by atoms with Gasteiger partial charge in [0, 0.05) is 25.3 Å². The number of nitrogens with one attached hydrogen (secondary N) is 2. The predicted molar refractivity (Wildman–Crippen MR) is 134 cm³/mol. The highest BCUT2D eigenvalue weighted by Crippen LogP contribution is 2.22. The van der Waals surface area contributed by atoms with Crippen molar-refractivity contribution in [3.63, 3.8) is 0 Å². The van der Waals surface area contributed by atoms with Gasteiger partial charge in [-0.3, -0.25) is 0 Å². The Morgan fingerprint density at radius 2 is 1.73 bits per heavy atom. The molecule has 1 unspecified atom stereocenters. The molecule has 0 amide bonds. The van der Waals surface area contributed by atoms with Gasteiger partial charge in [0.1, 0.15) is 5.60 Å². The Morgan fingerprint density at radius 1 is 1.07 bits per heavy atom. The Labute approximate surface area is 196 Å². The molecule has 0 spiro atoms. The maximum Gasteiger partial charge on any atom is 0.191 e. The fraction of sp³-hybridized carbons (Fsp3) is 0.435. The molecule has 7 heteroatoms. The number of hydrogen-bond acceptors (Lipinski definition) is 4. The van der Waals surface area contributed by atoms with E-state index in [4.69, 9.17) is 9.73 Å². The zero-order valence-electron chi connectivity index (χ0n) is 17.8. The van der Waals surface area contributed by atoms with Crippen molar-refractivity contribution in [1.29, 1.82) is 0 Å². The first-order chi connectivity index (χ1) is 14.1. The third-order valence-electron chi connectivity index (χ3n) is 5.09. The quantitative estimate of drug-likeness (QED) is 0.295. The van der Waals surface area contributed by atoms with E-state index >= 15 is 0 Å². The fourth-order valence-electron chi connectivity index (χ4n) is 3.42. The molecule has 1 fully saturated rings. The number of halogens is 1. The summed E-state index contributed by atoms with van der Waals surface area (Å²) in [5.41, 5.74) is 2.29. The smallest absolute Gasteiger partial charge is 0.191 e. The van der Waals surface area contributed by atoms with Crippen LogP contribution in [0.15, 0.2) is 59.6 Å². The minimum absolute atomic E-state index is 0. The van der Waals surface area contributed by atoms with E-state index in [2.05, 4.69) is 39.8 Å². The highest BCUT2D eigenvalue weighted by Gasteiger charge is 2.23. The van der Waals surface area contributed by atoms with E-state index in [1.54, 1.807) is 0 Å². The number of hydrogen-bond donors (Lipinski definition) is 3. The number of benzene rings is 2. The number of anilines is 1. The Kier molecular flexibility index (Phi) is 9.87. The largest absolute Gasteiger partial charge is 0.384 e. The van der Waals surface area contributed by atoms with Crippen LogP contribution in [-0.4, -0.2) is 50.5 Å². The first-order valence-electron chi connectivity index (χ1n) is 10.3. The van der Waals surface area contributed by atoms with Crippen molar-refractivity contribution in [2.75, 3.05) is 44.3 Å². The van der Waals surface area contributed by atoms with Crippen LogP contribution in [0.5, 0.6) is 0 Å². The third-order valence-corrected chi connectivity index (χ3v) is 5.09. The van der Waals surface area contributed by atoms with E-state index in [0.717, 1.165) is 38.4 Å². The number of para-hydroxylation sites is 1. The van der Waals surface area contributed by atoms with E-state index in [1.165, 1.54) is 11.3 Å². The van der Waals surface area contributed by atoms with Gasteiger partial charge < -0.3 is 25.4 Å². The monoisotopic (exact) mass is 524 g/mol. The molecule has 2 aromatic rings. The van der Waals surface area contributed by atoms with Gasteiger partial charge in [-0.15, -0.1) is 24.0 Å². The lowest BCUT2D eigenvalue weighted by Gasteiger charge is -2.30. The summed E-state index contributed by atoms with van der Waals surface area (Å²) in [7, 11) is 0. The fourth-order valence-corrected chi connectivity index (χ4v) is 3.42. The first-order valence-corrected chi connectivity index (χ1v) is 10.3. The minimum atomic E-state index is -0.983. The number of aliphatic imine (C=N–C) groups is 1. The molecule has 0 radical (unpaired) electrons. The average Bonchev–Trinajstić information content (AvgIpc) is 2.77. The van der Waals surface area contributed by atoms with Gasteiger partial charge in [0.15, 0.2) is 5.96 Å². The first kappa shape index (κ1) is 24.4. The Hall–Kier alpha value is -1.84. The molecule has 3 N–H and O–H groups in total. The zero-order chi connectivity index (χ0) is 20.5. The van der Waals surface area contributed by atoms with Crippen molar-refractivity contribution in [2.24, 2.45) is 4.99 Å². The number of aliphatic hydroxyl groups is 1. The van der Waals surface area contributed by atoms with Crippen LogP contribution in [0.3, 0.4) is 0 Å². The number of rotatable bonds is 7. The van der Waals surface area contributed by atoms with Crippen LogP contribution in [0.25, 0.3) is 0 Å². The lowest BCUT2D eigenvalue weighted by atomic mass is 9.96. The van der Waals surface area contributed by atoms with Crippen molar-refractivity contribution < 1.29 is 9.84 Å². The lowest BCUT2D eigenvalue weighted by molar-refractivity contribution is 0.0617. The second-order valence-corrected chi connectivity index (χ2v) is 7.42. The highest BCUT2D eigenvalue weighted by atomic mass is 127. The summed E-state index contributed by atoms with van der Waals surface area (Å²) in [5, 5.41) is 17.4. The van der Waals surface area contributed by atoms with E-state index in [-0.39, 0.29) is 24.0 Å². The molecule has 0 aromatic heterocycles. The molecule has 3 rings (SSSR count). The molecule has 0 saturated carbocycles. The predicted octanol–water partition coefficient (Wildman–Crippen LogP) is 3.10. The minimum Gasteiger partial charge on any atom is -0.384 e. The summed E-state index contributed by atoms with van der Waals surface area (Å²) < 4.78 is 5.48. The molecule has 1 aliphatic rings. The average molecular weight is 524 g/mol. The molecular weight excluding hydrogens is 491 g/mol. The molecule has 2 aromatic carbocycles. The molecule has 0 bridgehead atoms. The molecule has 30 heavy (non-hydrogen) atoms. The van der Waals surface area contributed by atoms with E-state index < -0.39 is 5.60 Å². The van der Waals surface area contributed by atoms with E-state index in [1.807, 2.05) is 44.2 Å². The van der Waals surface area contributed by atoms with E-state index in [0.29, 0.717) is 19.0 Å². The van der Waals surface area contributed by atoms with Crippen molar-refractivity contribution in [1.82, 2.24) is 10.6 Å². The summed E-state index contributed by atoms with van der Waals surface area (Å²) in [5.74, 6) is 0.695. The lowest BCUT2D eigenvalue weighted by Crippen LogP contribution is -2.44. The van der Waals surface area contributed by atoms with Crippen LogP contribution in [0, 0.1) is 0 Å². The Balaban J connectivity index is 0.00000320. The molecule has 1 aliphatic heterocycles. The number of nitrogens with zero attached hydrogens (tertiary/aromatic N) is 2. The van der Waals surface area contributed by atoms with Gasteiger partial charge >= 0.3 is 0 Å². The van der Waals surface area contributed by atoms with Crippen molar-refractivity contribution in [2.45, 2.75) is 26.0 Å². The summed E-state index contributed by atoms with van der Waals surface area (Å²) in [6.45, 7) is 8.86. The van der Waals surface area contributed by atoms with Gasteiger partial charge in [-0.25, -0.2) is 4.99 Å². The molecule has 6 nitrogen and oxygen atoms in total. The van der Waals surface area contributed by atoms with Gasteiger partial charge in [-0.05, 0) is 31.0 Å². The second-order valence-electron chi connectivity index (χ2n) is 7.42. The Morgan fingerprint density at radius 3 is 2.43 bits per heavy atom. The Bertz CT molecular complexity index is 793. The number of ether oxygens (including phenoxy) is 1. The summed E-state index contributed by atoms with van der Waals surface area (Å²) in [4.78, 5) is 7.12. The van der Waals surface area contributed by atoms with Crippen LogP contribution in [0.2, 0.25) is 0 Å². The molecule has 1 saturated heterocycles. The molecular formula is C23H33IN4O2. The third kappa shape index (κ3) is 6.85.